The number of methoxy groups -OCH3 is 1. The van der Waals surface area contributed by atoms with Crippen molar-refractivity contribution in [3.8, 4) is 0 Å². The van der Waals surface area contributed by atoms with Crippen LogP contribution in [-0.4, -0.2) is 66.6 Å². The number of likely N-dealkylation sites (tertiary alicyclic amines) is 1. The van der Waals surface area contributed by atoms with Gasteiger partial charge in [-0.25, -0.2) is 4.79 Å². The van der Waals surface area contributed by atoms with E-state index in [1.807, 2.05) is 4.90 Å². The molecule has 0 unspecified atom stereocenters. The summed E-state index contributed by atoms with van der Waals surface area (Å²) in [6.45, 7) is 6.57. The molecule has 7 nitrogen and oxygen atoms in total. The van der Waals surface area contributed by atoms with E-state index in [0.29, 0.717) is 32.5 Å². The molecule has 0 saturated carbocycles. The number of amides is 1. The normalized spacial score (nSPS) is 23.5. The number of alkyl carbamates (subject to hydrolysis) is 1. The molecule has 1 saturated heterocycles. The molecule has 1 amide bonds. The number of aliphatic hydroxyl groups excluding tert-OH is 1. The van der Waals surface area contributed by atoms with Crippen LogP contribution < -0.4 is 5.32 Å². The molecule has 1 fully saturated rings. The minimum absolute atomic E-state index is 0.306. The summed E-state index contributed by atoms with van der Waals surface area (Å²) in [6, 6.07) is -0.362. The highest BCUT2D eigenvalue weighted by Gasteiger charge is 2.32. The lowest BCUT2D eigenvalue weighted by Crippen LogP contribution is -2.52. The van der Waals surface area contributed by atoms with Crippen molar-refractivity contribution in [3.63, 3.8) is 0 Å². The van der Waals surface area contributed by atoms with Crippen LogP contribution in [0, 0.1) is 0 Å². The van der Waals surface area contributed by atoms with Gasteiger partial charge in [0.1, 0.15) is 11.6 Å². The number of carbonyl (C=O) groups excluding carboxylic acids is 2. The lowest BCUT2D eigenvalue weighted by atomic mass is 10.0. The summed E-state index contributed by atoms with van der Waals surface area (Å²) in [5.41, 5.74) is -0.542. The minimum Gasteiger partial charge on any atom is -0.468 e. The van der Waals surface area contributed by atoms with Crippen LogP contribution >= 0.6 is 0 Å². The Labute approximate surface area is 125 Å². The van der Waals surface area contributed by atoms with Gasteiger partial charge in [0.15, 0.2) is 0 Å². The van der Waals surface area contributed by atoms with E-state index in [4.69, 9.17) is 9.47 Å². The Hall–Kier alpha value is -1.34. The highest BCUT2D eigenvalue weighted by atomic mass is 16.6. The molecule has 2 atom stereocenters. The van der Waals surface area contributed by atoms with Crippen molar-refractivity contribution in [3.05, 3.63) is 0 Å². The zero-order chi connectivity index (χ0) is 16.0. The molecule has 0 aromatic rings. The van der Waals surface area contributed by atoms with Crippen molar-refractivity contribution in [2.45, 2.75) is 51.4 Å². The number of piperidine rings is 1. The number of ether oxygens (including phenoxy) is 2. The number of rotatable bonds is 4. The van der Waals surface area contributed by atoms with Gasteiger partial charge in [-0.05, 0) is 33.6 Å². The fraction of sp³-hybridized carbons (Fsp3) is 0.857. The van der Waals surface area contributed by atoms with Crippen molar-refractivity contribution >= 4 is 12.1 Å². The molecule has 1 rings (SSSR count). The highest BCUT2D eigenvalue weighted by molar-refractivity contribution is 5.75. The second-order valence-electron chi connectivity index (χ2n) is 6.19. The summed E-state index contributed by atoms with van der Waals surface area (Å²) < 4.78 is 9.91. The first-order valence-corrected chi connectivity index (χ1v) is 7.19. The summed E-state index contributed by atoms with van der Waals surface area (Å²) in [5, 5.41) is 12.3. The molecule has 0 aliphatic carbocycles. The first kappa shape index (κ1) is 17.7. The van der Waals surface area contributed by atoms with Gasteiger partial charge in [0.2, 0.25) is 0 Å². The van der Waals surface area contributed by atoms with E-state index in [2.05, 4.69) is 5.32 Å². The molecule has 0 aromatic heterocycles. The predicted octanol–water partition coefficient (Wildman–Crippen LogP) is 0.509. The Morgan fingerprint density at radius 3 is 2.57 bits per heavy atom. The fourth-order valence-electron chi connectivity index (χ4n) is 2.29. The molecule has 2 N–H and O–H groups in total. The zero-order valence-corrected chi connectivity index (χ0v) is 13.2. The van der Waals surface area contributed by atoms with Crippen molar-refractivity contribution in [1.82, 2.24) is 10.2 Å². The van der Waals surface area contributed by atoms with E-state index in [-0.39, 0.29) is 12.0 Å². The van der Waals surface area contributed by atoms with Gasteiger partial charge in [0.05, 0.1) is 13.2 Å². The molecular formula is C14H26N2O5. The van der Waals surface area contributed by atoms with Gasteiger partial charge in [0.25, 0.3) is 0 Å². The molecule has 1 aliphatic rings. The van der Waals surface area contributed by atoms with E-state index < -0.39 is 17.8 Å². The average molecular weight is 302 g/mol. The molecule has 21 heavy (non-hydrogen) atoms. The van der Waals surface area contributed by atoms with Gasteiger partial charge in [0, 0.05) is 19.6 Å². The van der Waals surface area contributed by atoms with Gasteiger partial charge in [-0.3, -0.25) is 9.69 Å². The zero-order valence-electron chi connectivity index (χ0n) is 13.2. The van der Waals surface area contributed by atoms with Crippen molar-refractivity contribution < 1.29 is 24.2 Å². The number of hydrogen-bond donors (Lipinski definition) is 2. The lowest BCUT2D eigenvalue weighted by molar-refractivity contribution is -0.149. The van der Waals surface area contributed by atoms with Crippen LogP contribution in [0.5, 0.6) is 0 Å². The Bertz CT molecular complexity index is 367. The molecule has 0 spiro atoms. The SMILES string of the molecule is COC(=O)[C@@H]1CC[C@H](O)CN1CCNC(=O)OC(C)(C)C. The van der Waals surface area contributed by atoms with E-state index in [9.17, 15) is 14.7 Å². The number of nitrogens with one attached hydrogen (secondary N) is 1. The minimum atomic E-state index is -0.542. The number of carbonyl (C=O) groups is 2. The van der Waals surface area contributed by atoms with Crippen LogP contribution in [-0.2, 0) is 14.3 Å². The monoisotopic (exact) mass is 302 g/mol. The van der Waals surface area contributed by atoms with E-state index in [1.165, 1.54) is 7.11 Å². The number of esters is 1. The van der Waals surface area contributed by atoms with Gasteiger partial charge in [-0.1, -0.05) is 0 Å². The summed E-state index contributed by atoms with van der Waals surface area (Å²) in [5.74, 6) is -0.306. The number of hydrogen-bond acceptors (Lipinski definition) is 6. The Kier molecular flexibility index (Phi) is 6.42. The van der Waals surface area contributed by atoms with Crippen LogP contribution in [0.1, 0.15) is 33.6 Å². The Morgan fingerprint density at radius 2 is 2.00 bits per heavy atom. The largest absolute Gasteiger partial charge is 0.468 e. The third-order valence-electron chi connectivity index (χ3n) is 3.20. The van der Waals surface area contributed by atoms with E-state index in [1.54, 1.807) is 20.8 Å². The second-order valence-corrected chi connectivity index (χ2v) is 6.19. The number of β-amino-alcohol motifs (C(OH)–C–C–N with tert-alkyl or cyclic N) is 1. The van der Waals surface area contributed by atoms with Crippen molar-refractivity contribution in [1.29, 1.82) is 0 Å². The molecule has 0 bridgehead atoms. The topological polar surface area (TPSA) is 88.1 Å². The lowest BCUT2D eigenvalue weighted by Gasteiger charge is -2.36. The fourth-order valence-corrected chi connectivity index (χ4v) is 2.29. The maximum absolute atomic E-state index is 11.7. The standard InChI is InChI=1S/C14H26N2O5/c1-14(2,3)21-13(19)15-7-8-16-9-10(17)5-6-11(16)12(18)20-4/h10-11,17H,5-9H2,1-4H3,(H,15,19)/t10-,11-/m0/s1. The molecule has 7 heteroatoms. The molecule has 122 valence electrons. The molecule has 1 aliphatic heterocycles. The van der Waals surface area contributed by atoms with Gasteiger partial charge < -0.3 is 19.9 Å². The molecule has 0 aromatic carbocycles. The second kappa shape index (κ2) is 7.61. The maximum Gasteiger partial charge on any atom is 0.407 e. The Balaban J connectivity index is 2.43. The van der Waals surface area contributed by atoms with Crippen LogP contribution in [0.25, 0.3) is 0 Å². The van der Waals surface area contributed by atoms with Crippen molar-refractivity contribution in [2.75, 3.05) is 26.7 Å². The molecule has 0 radical (unpaired) electrons. The number of nitrogens with zero attached hydrogens (tertiary/aromatic N) is 1. The number of aliphatic hydroxyl groups is 1. The highest BCUT2D eigenvalue weighted by Crippen LogP contribution is 2.18. The Morgan fingerprint density at radius 1 is 1.33 bits per heavy atom. The summed E-state index contributed by atoms with van der Waals surface area (Å²) in [6.07, 6.45) is 0.192. The third kappa shape index (κ3) is 6.31. The first-order chi connectivity index (χ1) is 9.73. The first-order valence-electron chi connectivity index (χ1n) is 7.19. The van der Waals surface area contributed by atoms with Gasteiger partial charge >= 0.3 is 12.1 Å². The molecule has 1 heterocycles. The van der Waals surface area contributed by atoms with Crippen molar-refractivity contribution in [2.24, 2.45) is 0 Å². The quantitative estimate of drug-likeness (QED) is 0.736. The van der Waals surface area contributed by atoms with E-state index >= 15 is 0 Å². The van der Waals surface area contributed by atoms with Gasteiger partial charge in [-0.15, -0.1) is 0 Å². The van der Waals surface area contributed by atoms with Crippen LogP contribution in [0.2, 0.25) is 0 Å². The third-order valence-corrected chi connectivity index (χ3v) is 3.20. The smallest absolute Gasteiger partial charge is 0.407 e. The molecular weight excluding hydrogens is 276 g/mol. The predicted molar refractivity (Wildman–Crippen MR) is 76.9 cm³/mol. The van der Waals surface area contributed by atoms with Crippen LogP contribution in [0.4, 0.5) is 4.79 Å². The van der Waals surface area contributed by atoms with Crippen LogP contribution in [0.15, 0.2) is 0 Å². The van der Waals surface area contributed by atoms with Gasteiger partial charge in [-0.2, -0.15) is 0 Å². The summed E-state index contributed by atoms with van der Waals surface area (Å²) in [7, 11) is 1.35. The summed E-state index contributed by atoms with van der Waals surface area (Å²) >= 11 is 0. The van der Waals surface area contributed by atoms with E-state index in [0.717, 1.165) is 0 Å². The maximum atomic E-state index is 11.7. The van der Waals surface area contributed by atoms with Crippen LogP contribution in [0.3, 0.4) is 0 Å². The average Bonchev–Trinajstić information content (AvgIpc) is 2.36. The summed E-state index contributed by atoms with van der Waals surface area (Å²) in [4.78, 5) is 25.1.